The molecule has 0 radical (unpaired) electrons. The van der Waals surface area contributed by atoms with Crippen molar-refractivity contribution in [1.29, 1.82) is 0 Å². The van der Waals surface area contributed by atoms with Crippen LogP contribution in [0.1, 0.15) is 18.5 Å². The van der Waals surface area contributed by atoms with Crippen LogP contribution in [0, 0.1) is 0 Å². The summed E-state index contributed by atoms with van der Waals surface area (Å²) in [4.78, 5) is 11.2. The zero-order valence-corrected chi connectivity index (χ0v) is 11.6. The maximum Gasteiger partial charge on any atom is 0.383 e. The van der Waals surface area contributed by atoms with Gasteiger partial charge in [-0.2, -0.15) is 8.78 Å². The fourth-order valence-corrected chi connectivity index (χ4v) is 1.65. The molecule has 0 fully saturated rings. The number of carbonyl (C=O) groups is 1. The largest absolute Gasteiger partial charge is 0.497 e. The molecule has 0 spiro atoms. The predicted octanol–water partition coefficient (Wildman–Crippen LogP) is 2.78. The van der Waals surface area contributed by atoms with Crippen LogP contribution in [0.4, 0.5) is 17.6 Å². The summed E-state index contributed by atoms with van der Waals surface area (Å²) in [6.07, 6.45) is -4.07. The molecule has 0 saturated heterocycles. The Hall–Kier alpha value is -1.99. The number of carbonyl (C=O) groups excluding carboxylic acids is 1. The zero-order valence-electron chi connectivity index (χ0n) is 11.6. The van der Waals surface area contributed by atoms with Crippen molar-refractivity contribution in [3.63, 3.8) is 0 Å². The van der Waals surface area contributed by atoms with Gasteiger partial charge in [0, 0.05) is 11.6 Å². The lowest BCUT2D eigenvalue weighted by Gasteiger charge is -2.21. The first kappa shape index (κ1) is 17.1. The molecule has 1 atom stereocenters. The number of hydrogen-bond donors (Lipinski definition) is 1. The highest BCUT2D eigenvalue weighted by Gasteiger charge is 2.49. The number of amides is 1. The molecule has 1 amide bonds. The van der Waals surface area contributed by atoms with Crippen LogP contribution >= 0.6 is 0 Å². The first-order valence-electron chi connectivity index (χ1n) is 5.92. The quantitative estimate of drug-likeness (QED) is 0.822. The van der Waals surface area contributed by atoms with Gasteiger partial charge in [-0.15, -0.1) is 0 Å². The van der Waals surface area contributed by atoms with Crippen LogP contribution in [0.5, 0.6) is 11.5 Å². The number of alkyl halides is 4. The van der Waals surface area contributed by atoms with Crippen molar-refractivity contribution in [3.05, 3.63) is 23.8 Å². The fraction of sp³-hybridized carbons (Fsp3) is 0.462. The third kappa shape index (κ3) is 3.77. The Morgan fingerprint density at radius 2 is 1.86 bits per heavy atom. The monoisotopic (exact) mass is 309 g/mol. The molecule has 1 N–H and O–H groups in total. The number of hydrogen-bond acceptors (Lipinski definition) is 3. The van der Waals surface area contributed by atoms with Crippen molar-refractivity contribution in [2.75, 3.05) is 14.2 Å². The van der Waals surface area contributed by atoms with Gasteiger partial charge in [0.1, 0.15) is 11.5 Å². The average Bonchev–Trinajstić information content (AvgIpc) is 2.45. The number of benzene rings is 1. The summed E-state index contributed by atoms with van der Waals surface area (Å²) in [5.41, 5.74) is 0.358. The molecule has 0 aliphatic carbocycles. The molecular weight excluding hydrogens is 294 g/mol. The summed E-state index contributed by atoms with van der Waals surface area (Å²) < 4.78 is 60.1. The third-order valence-corrected chi connectivity index (χ3v) is 2.83. The molecule has 8 heteroatoms. The van der Waals surface area contributed by atoms with E-state index in [2.05, 4.69) is 0 Å². The van der Waals surface area contributed by atoms with E-state index in [-0.39, 0.29) is 5.75 Å². The minimum absolute atomic E-state index is 0.280. The predicted molar refractivity (Wildman–Crippen MR) is 67.1 cm³/mol. The first-order valence-corrected chi connectivity index (χ1v) is 5.92. The second kappa shape index (κ2) is 6.64. The van der Waals surface area contributed by atoms with Crippen LogP contribution < -0.4 is 14.8 Å². The third-order valence-electron chi connectivity index (χ3n) is 2.83. The van der Waals surface area contributed by atoms with Gasteiger partial charge < -0.3 is 14.8 Å². The van der Waals surface area contributed by atoms with E-state index in [0.29, 0.717) is 11.3 Å². The van der Waals surface area contributed by atoms with Crippen molar-refractivity contribution < 1.29 is 31.8 Å². The summed E-state index contributed by atoms with van der Waals surface area (Å²) in [5.74, 6) is -6.04. The van der Waals surface area contributed by atoms with Crippen LogP contribution in [0.15, 0.2) is 18.2 Å². The maximum absolute atomic E-state index is 12.9. The molecular formula is C13H15F4NO3. The summed E-state index contributed by atoms with van der Waals surface area (Å²) >= 11 is 0. The molecule has 1 unspecified atom stereocenters. The van der Waals surface area contributed by atoms with Crippen molar-refractivity contribution in [2.24, 2.45) is 0 Å². The van der Waals surface area contributed by atoms with Crippen molar-refractivity contribution in [3.8, 4) is 11.5 Å². The number of nitrogens with one attached hydrogen (secondary N) is 1. The Bertz CT molecular complexity index is 508. The van der Waals surface area contributed by atoms with E-state index < -0.39 is 24.3 Å². The Kier molecular flexibility index (Phi) is 5.40. The molecule has 0 saturated carbocycles. The molecule has 4 nitrogen and oxygen atoms in total. The Morgan fingerprint density at radius 1 is 1.24 bits per heavy atom. The number of halogens is 4. The van der Waals surface area contributed by atoms with Crippen molar-refractivity contribution in [1.82, 2.24) is 5.32 Å². The van der Waals surface area contributed by atoms with Crippen LogP contribution in [-0.4, -0.2) is 32.5 Å². The van der Waals surface area contributed by atoms with Gasteiger partial charge in [-0.3, -0.25) is 4.79 Å². The average molecular weight is 309 g/mol. The molecule has 1 rings (SSSR count). The SMILES string of the molecule is COc1ccc(C(C)NC(=O)C(F)(F)C(F)F)c(OC)c1. The molecule has 0 aliphatic heterocycles. The van der Waals surface area contributed by atoms with E-state index in [1.165, 1.54) is 39.3 Å². The smallest absolute Gasteiger partial charge is 0.383 e. The van der Waals surface area contributed by atoms with Gasteiger partial charge in [0.25, 0.3) is 5.91 Å². The highest BCUT2D eigenvalue weighted by Crippen LogP contribution is 2.30. The normalized spacial score (nSPS) is 13.0. The van der Waals surface area contributed by atoms with Gasteiger partial charge in [-0.1, -0.05) is 0 Å². The number of rotatable bonds is 6. The Labute approximate surface area is 119 Å². The zero-order chi connectivity index (χ0) is 16.2. The summed E-state index contributed by atoms with van der Waals surface area (Å²) in [6.45, 7) is 1.38. The second-order valence-corrected chi connectivity index (χ2v) is 4.23. The summed E-state index contributed by atoms with van der Waals surface area (Å²) in [5, 5.41) is 1.84. The molecule has 0 bridgehead atoms. The molecule has 0 aliphatic rings. The van der Waals surface area contributed by atoms with Crippen LogP contribution in [0.3, 0.4) is 0 Å². The lowest BCUT2D eigenvalue weighted by molar-refractivity contribution is -0.170. The summed E-state index contributed by atoms with van der Waals surface area (Å²) in [6, 6.07) is 3.57. The highest BCUT2D eigenvalue weighted by atomic mass is 19.3. The molecule has 21 heavy (non-hydrogen) atoms. The van der Waals surface area contributed by atoms with Gasteiger partial charge in [-0.25, -0.2) is 8.78 Å². The van der Waals surface area contributed by atoms with E-state index in [1.807, 2.05) is 5.32 Å². The molecule has 118 valence electrons. The fourth-order valence-electron chi connectivity index (χ4n) is 1.65. The van der Waals surface area contributed by atoms with Gasteiger partial charge in [0.2, 0.25) is 0 Å². The molecule has 1 aromatic carbocycles. The molecule has 0 aromatic heterocycles. The van der Waals surface area contributed by atoms with Crippen molar-refractivity contribution in [2.45, 2.75) is 25.3 Å². The lowest BCUT2D eigenvalue weighted by atomic mass is 10.1. The van der Waals surface area contributed by atoms with Gasteiger partial charge in [0.15, 0.2) is 0 Å². The van der Waals surface area contributed by atoms with E-state index in [1.54, 1.807) is 0 Å². The highest BCUT2D eigenvalue weighted by molar-refractivity contribution is 5.84. The van der Waals surface area contributed by atoms with Crippen molar-refractivity contribution >= 4 is 5.91 Å². The Morgan fingerprint density at radius 3 is 2.33 bits per heavy atom. The van der Waals surface area contributed by atoms with Crippen LogP contribution in [-0.2, 0) is 4.79 Å². The van der Waals surface area contributed by atoms with Gasteiger partial charge >= 0.3 is 12.3 Å². The van der Waals surface area contributed by atoms with Gasteiger partial charge in [0.05, 0.1) is 20.3 Å². The van der Waals surface area contributed by atoms with Crippen LogP contribution in [0.2, 0.25) is 0 Å². The number of methoxy groups -OCH3 is 2. The second-order valence-electron chi connectivity index (χ2n) is 4.23. The summed E-state index contributed by atoms with van der Waals surface area (Å²) in [7, 11) is 2.78. The topological polar surface area (TPSA) is 47.6 Å². The van der Waals surface area contributed by atoms with Crippen LogP contribution in [0.25, 0.3) is 0 Å². The van der Waals surface area contributed by atoms with E-state index in [9.17, 15) is 22.4 Å². The van der Waals surface area contributed by atoms with E-state index in [4.69, 9.17) is 9.47 Å². The first-order chi connectivity index (χ1) is 9.73. The number of ether oxygens (including phenoxy) is 2. The molecule has 0 heterocycles. The Balaban J connectivity index is 2.94. The minimum atomic E-state index is -4.74. The van der Waals surface area contributed by atoms with Gasteiger partial charge in [-0.05, 0) is 19.1 Å². The lowest BCUT2D eigenvalue weighted by Crippen LogP contribution is -2.46. The van der Waals surface area contributed by atoms with E-state index in [0.717, 1.165) is 0 Å². The standard InChI is InChI=1S/C13H15F4NO3/c1-7(18-12(19)13(16,17)11(14)15)9-5-4-8(20-2)6-10(9)21-3/h4-7,11H,1-3H3,(H,18,19). The minimum Gasteiger partial charge on any atom is -0.497 e. The maximum atomic E-state index is 12.9. The van der Waals surface area contributed by atoms with E-state index >= 15 is 0 Å². The molecule has 1 aromatic rings.